The molecule has 2 fully saturated rings. The molecular weight excluding hydrogens is 344 g/mol. The number of nitrogens with zero attached hydrogens (tertiary/aromatic N) is 3. The van der Waals surface area contributed by atoms with Gasteiger partial charge in [-0.15, -0.1) is 0 Å². The maximum absolute atomic E-state index is 12.7. The van der Waals surface area contributed by atoms with Crippen LogP contribution in [0.2, 0.25) is 0 Å². The average molecular weight is 368 g/mol. The lowest BCUT2D eigenvalue weighted by Gasteiger charge is -2.35. The van der Waals surface area contributed by atoms with Crippen molar-refractivity contribution >= 4 is 11.8 Å². The topological polar surface area (TPSA) is 78.7 Å². The quantitative estimate of drug-likeness (QED) is 0.890. The summed E-state index contributed by atoms with van der Waals surface area (Å²) in [6.07, 6.45) is 3.86. The molecule has 1 aromatic carbocycles. The molecule has 2 aliphatic heterocycles. The molecule has 0 spiro atoms. The van der Waals surface area contributed by atoms with Gasteiger partial charge in [-0.2, -0.15) is 0 Å². The van der Waals surface area contributed by atoms with Gasteiger partial charge in [0.15, 0.2) is 6.39 Å². The molecule has 1 N–H and O–H groups in total. The van der Waals surface area contributed by atoms with E-state index in [0.29, 0.717) is 5.69 Å². The number of aromatic nitrogens is 1. The Morgan fingerprint density at radius 2 is 1.89 bits per heavy atom. The Labute approximate surface area is 158 Å². The third-order valence-electron chi connectivity index (χ3n) is 5.53. The Morgan fingerprint density at radius 1 is 1.15 bits per heavy atom. The third-order valence-corrected chi connectivity index (χ3v) is 5.53. The van der Waals surface area contributed by atoms with Crippen LogP contribution in [-0.2, 0) is 4.79 Å². The number of carbonyl (C=O) groups is 2. The van der Waals surface area contributed by atoms with Crippen molar-refractivity contribution in [3.05, 3.63) is 42.5 Å². The molecule has 2 aliphatic rings. The zero-order chi connectivity index (χ0) is 18.8. The molecule has 7 nitrogen and oxygen atoms in total. The second-order valence-corrected chi connectivity index (χ2v) is 7.24. The number of likely N-dealkylation sites (N-methyl/N-ethyl adjacent to an activating group) is 1. The number of rotatable bonds is 4. The summed E-state index contributed by atoms with van der Waals surface area (Å²) >= 11 is 0. The first-order valence-electron chi connectivity index (χ1n) is 9.42. The highest BCUT2D eigenvalue weighted by Crippen LogP contribution is 2.23. The second-order valence-electron chi connectivity index (χ2n) is 7.24. The van der Waals surface area contributed by atoms with Gasteiger partial charge in [0.25, 0.3) is 5.91 Å². The molecule has 2 saturated heterocycles. The fraction of sp³-hybridized carbons (Fsp3) is 0.450. The maximum atomic E-state index is 12.7. The van der Waals surface area contributed by atoms with Crippen LogP contribution in [0.4, 0.5) is 0 Å². The van der Waals surface area contributed by atoms with E-state index in [1.165, 1.54) is 6.39 Å². The summed E-state index contributed by atoms with van der Waals surface area (Å²) in [6.45, 7) is 2.46. The number of hydrogen-bond donors (Lipinski definition) is 1. The largest absolute Gasteiger partial charge is 0.438 e. The Balaban J connectivity index is 1.36. The molecule has 142 valence electrons. The number of likely N-dealkylation sites (tertiary alicyclic amines) is 2. The smallest absolute Gasteiger partial charge is 0.289 e. The Bertz CT molecular complexity index is 812. The zero-order valence-corrected chi connectivity index (χ0v) is 15.4. The van der Waals surface area contributed by atoms with Gasteiger partial charge < -0.3 is 14.6 Å². The molecule has 1 aromatic heterocycles. The number of carbonyl (C=O) groups excluding carboxylic acids is 2. The van der Waals surface area contributed by atoms with E-state index in [1.54, 1.807) is 4.90 Å². The molecular formula is C20H24N4O3. The van der Waals surface area contributed by atoms with E-state index >= 15 is 0 Å². The van der Waals surface area contributed by atoms with E-state index in [4.69, 9.17) is 4.42 Å². The lowest BCUT2D eigenvalue weighted by atomic mass is 10.0. The van der Waals surface area contributed by atoms with Crippen LogP contribution in [0.25, 0.3) is 11.3 Å². The molecule has 1 atom stereocenters. The van der Waals surface area contributed by atoms with E-state index in [1.807, 2.05) is 37.4 Å². The van der Waals surface area contributed by atoms with Crippen LogP contribution >= 0.6 is 0 Å². The molecule has 7 heteroatoms. The van der Waals surface area contributed by atoms with Crippen molar-refractivity contribution in [1.82, 2.24) is 20.1 Å². The fourth-order valence-corrected chi connectivity index (χ4v) is 3.96. The van der Waals surface area contributed by atoms with Crippen molar-refractivity contribution in [3.63, 3.8) is 0 Å². The van der Waals surface area contributed by atoms with Crippen molar-refractivity contribution in [1.29, 1.82) is 0 Å². The molecule has 2 amide bonds. The minimum absolute atomic E-state index is 0.00519. The van der Waals surface area contributed by atoms with E-state index in [-0.39, 0.29) is 29.7 Å². The van der Waals surface area contributed by atoms with Gasteiger partial charge in [-0.1, -0.05) is 30.3 Å². The zero-order valence-electron chi connectivity index (χ0n) is 15.4. The van der Waals surface area contributed by atoms with Crippen molar-refractivity contribution < 1.29 is 14.0 Å². The summed E-state index contributed by atoms with van der Waals surface area (Å²) in [7, 11) is 1.86. The summed E-state index contributed by atoms with van der Waals surface area (Å²) < 4.78 is 5.37. The highest BCUT2D eigenvalue weighted by molar-refractivity contribution is 5.97. The number of amides is 2. The monoisotopic (exact) mass is 368 g/mol. The summed E-state index contributed by atoms with van der Waals surface area (Å²) in [5.41, 5.74) is 1.42. The van der Waals surface area contributed by atoms with Gasteiger partial charge in [0.2, 0.25) is 11.7 Å². The van der Waals surface area contributed by atoms with Gasteiger partial charge in [0.1, 0.15) is 5.69 Å². The number of oxazole rings is 1. The minimum Gasteiger partial charge on any atom is -0.438 e. The molecule has 0 saturated carbocycles. The Morgan fingerprint density at radius 3 is 2.56 bits per heavy atom. The second kappa shape index (κ2) is 7.52. The van der Waals surface area contributed by atoms with E-state index < -0.39 is 0 Å². The number of nitrogens with one attached hydrogen (secondary N) is 1. The Hall–Kier alpha value is -2.67. The van der Waals surface area contributed by atoms with Crippen LogP contribution < -0.4 is 5.32 Å². The maximum Gasteiger partial charge on any atom is 0.289 e. The number of benzene rings is 1. The van der Waals surface area contributed by atoms with Gasteiger partial charge in [0.05, 0.1) is 6.04 Å². The Kier molecular flexibility index (Phi) is 4.94. The van der Waals surface area contributed by atoms with E-state index in [9.17, 15) is 9.59 Å². The van der Waals surface area contributed by atoms with Crippen molar-refractivity contribution in [2.75, 3.05) is 26.7 Å². The van der Waals surface area contributed by atoms with Crippen LogP contribution in [0.3, 0.4) is 0 Å². The molecule has 27 heavy (non-hydrogen) atoms. The summed E-state index contributed by atoms with van der Waals surface area (Å²) in [4.78, 5) is 33.1. The molecule has 1 unspecified atom stereocenters. The molecule has 4 rings (SSSR count). The SMILES string of the molecule is CN1CCC(N2CCC(NC(=O)c3ocnc3-c3ccccc3)CC2)C1=O. The van der Waals surface area contributed by atoms with E-state index in [2.05, 4.69) is 15.2 Å². The standard InChI is InChI=1S/C20H24N4O3/c1-23-10-9-16(20(23)26)24-11-7-15(8-12-24)22-19(25)18-17(21-13-27-18)14-5-3-2-4-6-14/h2-6,13,15-16H,7-12H2,1H3,(H,22,25). The van der Waals surface area contributed by atoms with E-state index in [0.717, 1.165) is 44.5 Å². The summed E-state index contributed by atoms with van der Waals surface area (Å²) in [6, 6.07) is 9.63. The van der Waals surface area contributed by atoms with Crippen molar-refractivity contribution in [2.24, 2.45) is 0 Å². The van der Waals surface area contributed by atoms with Crippen molar-refractivity contribution in [3.8, 4) is 11.3 Å². The highest BCUT2D eigenvalue weighted by Gasteiger charge is 2.36. The lowest BCUT2D eigenvalue weighted by molar-refractivity contribution is -0.131. The molecule has 3 heterocycles. The number of hydrogen-bond acceptors (Lipinski definition) is 5. The molecule has 0 radical (unpaired) electrons. The van der Waals surface area contributed by atoms with Crippen LogP contribution in [0, 0.1) is 0 Å². The predicted molar refractivity (Wildman–Crippen MR) is 100 cm³/mol. The molecule has 2 aromatic rings. The summed E-state index contributed by atoms with van der Waals surface area (Å²) in [5.74, 6) is 0.226. The fourth-order valence-electron chi connectivity index (χ4n) is 3.96. The van der Waals surface area contributed by atoms with Crippen LogP contribution in [0.15, 0.2) is 41.1 Å². The van der Waals surface area contributed by atoms with Gasteiger partial charge >= 0.3 is 0 Å². The number of piperidine rings is 1. The molecule has 0 aliphatic carbocycles. The van der Waals surface area contributed by atoms with Crippen LogP contribution in [-0.4, -0.2) is 65.4 Å². The van der Waals surface area contributed by atoms with Gasteiger partial charge in [-0.05, 0) is 19.3 Å². The lowest BCUT2D eigenvalue weighted by Crippen LogP contribution is -2.50. The van der Waals surface area contributed by atoms with Gasteiger partial charge in [-0.3, -0.25) is 14.5 Å². The van der Waals surface area contributed by atoms with Crippen LogP contribution in [0.1, 0.15) is 29.8 Å². The minimum atomic E-state index is -0.235. The molecule has 0 bridgehead atoms. The average Bonchev–Trinajstić information content (AvgIpc) is 3.31. The third kappa shape index (κ3) is 3.60. The first-order chi connectivity index (χ1) is 13.1. The predicted octanol–water partition coefficient (Wildman–Crippen LogP) is 1.77. The normalized spacial score (nSPS) is 21.6. The van der Waals surface area contributed by atoms with Crippen LogP contribution in [0.5, 0.6) is 0 Å². The first kappa shape index (κ1) is 17.7. The van der Waals surface area contributed by atoms with Gasteiger partial charge in [-0.25, -0.2) is 4.98 Å². The highest BCUT2D eigenvalue weighted by atomic mass is 16.3. The van der Waals surface area contributed by atoms with Crippen molar-refractivity contribution in [2.45, 2.75) is 31.3 Å². The first-order valence-corrected chi connectivity index (χ1v) is 9.42. The van der Waals surface area contributed by atoms with Gasteiger partial charge in [0, 0.05) is 38.3 Å². The summed E-state index contributed by atoms with van der Waals surface area (Å²) in [5, 5.41) is 3.07.